The first-order valence-electron chi connectivity index (χ1n) is 13.3. The summed E-state index contributed by atoms with van der Waals surface area (Å²) in [6.07, 6.45) is 33.6. The second kappa shape index (κ2) is 33.0. The molecule has 0 saturated carbocycles. The van der Waals surface area contributed by atoms with E-state index in [2.05, 4.69) is 25.7 Å². The van der Waals surface area contributed by atoms with Crippen molar-refractivity contribution >= 4 is 0 Å². The average molecular weight is 425 g/mol. The van der Waals surface area contributed by atoms with Crippen LogP contribution in [0.15, 0.2) is 24.8 Å². The molecule has 0 saturated heterocycles. The molecule has 0 bridgehead atoms. The molecule has 0 heterocycles. The van der Waals surface area contributed by atoms with Gasteiger partial charge in [0, 0.05) is 13.2 Å². The zero-order valence-electron chi connectivity index (χ0n) is 20.6. The topological polar surface area (TPSA) is 40.5 Å². The fourth-order valence-electron chi connectivity index (χ4n) is 3.45. The van der Waals surface area contributed by atoms with E-state index in [1.54, 1.807) is 0 Å². The molecule has 0 aromatic heterocycles. The van der Waals surface area contributed by atoms with Crippen molar-refractivity contribution in [3.8, 4) is 0 Å². The zero-order chi connectivity index (χ0) is 22.4. The first kappa shape index (κ1) is 31.6. The lowest BCUT2D eigenvalue weighted by atomic mass is 10.1. The quantitative estimate of drug-likeness (QED) is 0.127. The molecule has 0 aromatic carbocycles. The van der Waals surface area contributed by atoms with E-state index in [1.165, 1.54) is 122 Å². The van der Waals surface area contributed by atoms with Gasteiger partial charge < -0.3 is 10.2 Å². The number of allylic oxidation sites excluding steroid dienone is 3. The van der Waals surface area contributed by atoms with Gasteiger partial charge in [-0.2, -0.15) is 0 Å². The van der Waals surface area contributed by atoms with Crippen LogP contribution >= 0.6 is 0 Å². The van der Waals surface area contributed by atoms with E-state index in [-0.39, 0.29) is 0 Å². The summed E-state index contributed by atoms with van der Waals surface area (Å²) in [5.41, 5.74) is 0. The summed E-state index contributed by atoms with van der Waals surface area (Å²) in [4.78, 5) is 0. The van der Waals surface area contributed by atoms with Crippen molar-refractivity contribution in [1.82, 2.24) is 0 Å². The minimum Gasteiger partial charge on any atom is -0.396 e. The third-order valence-electron chi connectivity index (χ3n) is 5.49. The van der Waals surface area contributed by atoms with Gasteiger partial charge in [0.05, 0.1) is 0 Å². The second-order valence-electron chi connectivity index (χ2n) is 8.58. The summed E-state index contributed by atoms with van der Waals surface area (Å²) in [5.74, 6) is 0. The molecule has 0 rings (SSSR count). The largest absolute Gasteiger partial charge is 0.396 e. The van der Waals surface area contributed by atoms with Crippen molar-refractivity contribution < 1.29 is 10.2 Å². The molecule has 0 amide bonds. The first-order valence-corrected chi connectivity index (χ1v) is 13.3. The Balaban J connectivity index is 0. The van der Waals surface area contributed by atoms with Crippen molar-refractivity contribution in [2.45, 2.75) is 142 Å². The van der Waals surface area contributed by atoms with Gasteiger partial charge in [0.2, 0.25) is 0 Å². The van der Waals surface area contributed by atoms with Crippen LogP contribution in [0.1, 0.15) is 142 Å². The molecule has 0 aliphatic rings. The van der Waals surface area contributed by atoms with Crippen molar-refractivity contribution in [2.75, 3.05) is 13.2 Å². The van der Waals surface area contributed by atoms with E-state index >= 15 is 0 Å². The molecule has 0 aromatic rings. The molecule has 0 unspecified atom stereocenters. The van der Waals surface area contributed by atoms with Crippen molar-refractivity contribution in [1.29, 1.82) is 0 Å². The van der Waals surface area contributed by atoms with Gasteiger partial charge in [-0.3, -0.25) is 0 Å². The molecule has 30 heavy (non-hydrogen) atoms. The molecule has 180 valence electrons. The van der Waals surface area contributed by atoms with Crippen molar-refractivity contribution in [3.63, 3.8) is 0 Å². The highest BCUT2D eigenvalue weighted by molar-refractivity contribution is 4.81. The monoisotopic (exact) mass is 424 g/mol. The Morgan fingerprint density at radius 2 is 0.800 bits per heavy atom. The highest BCUT2D eigenvalue weighted by atomic mass is 16.3. The van der Waals surface area contributed by atoms with Crippen molar-refractivity contribution in [3.05, 3.63) is 24.8 Å². The van der Waals surface area contributed by atoms with Crippen LogP contribution in [0.4, 0.5) is 0 Å². The fourth-order valence-corrected chi connectivity index (χ4v) is 3.45. The van der Waals surface area contributed by atoms with Gasteiger partial charge in [-0.1, -0.05) is 115 Å². The van der Waals surface area contributed by atoms with E-state index in [0.717, 1.165) is 12.8 Å². The molecule has 0 fully saturated rings. The Morgan fingerprint density at radius 1 is 0.467 bits per heavy atom. The van der Waals surface area contributed by atoms with Crippen LogP contribution in [-0.4, -0.2) is 23.4 Å². The summed E-state index contributed by atoms with van der Waals surface area (Å²) >= 11 is 0. The number of aliphatic hydroxyl groups is 2. The van der Waals surface area contributed by atoms with Gasteiger partial charge in [-0.25, -0.2) is 0 Å². The lowest BCUT2D eigenvalue weighted by Gasteiger charge is -2.00. The fraction of sp³-hybridized carbons (Fsp3) is 0.857. The summed E-state index contributed by atoms with van der Waals surface area (Å²) in [5, 5.41) is 17.2. The van der Waals surface area contributed by atoms with Gasteiger partial charge in [-0.15, -0.1) is 6.58 Å². The summed E-state index contributed by atoms with van der Waals surface area (Å²) in [6, 6.07) is 0. The van der Waals surface area contributed by atoms with Gasteiger partial charge in [-0.05, 0) is 44.9 Å². The number of hydrogen-bond donors (Lipinski definition) is 2. The SMILES string of the molecule is C=CCCCCCCCCCCO.CCCC/C=C\CCCCCCCCCCO. The summed E-state index contributed by atoms with van der Waals surface area (Å²) in [6.45, 7) is 6.68. The zero-order valence-corrected chi connectivity index (χ0v) is 20.6. The van der Waals surface area contributed by atoms with Crippen LogP contribution in [-0.2, 0) is 0 Å². The molecule has 2 N–H and O–H groups in total. The lowest BCUT2D eigenvalue weighted by Crippen LogP contribution is -1.84. The molecule has 0 aliphatic heterocycles. The van der Waals surface area contributed by atoms with E-state index in [1.807, 2.05) is 6.08 Å². The Kier molecular flexibility index (Phi) is 34.8. The number of hydrogen-bond acceptors (Lipinski definition) is 2. The normalized spacial score (nSPS) is 10.9. The molecule has 0 spiro atoms. The maximum Gasteiger partial charge on any atom is 0.0431 e. The standard InChI is InChI=1S/C16H32O.C12H24O/c1-2-3-4-5-6-7-8-9-10-11-12-13-14-15-16-17;1-2-3-4-5-6-7-8-9-10-11-12-13/h5-6,17H,2-4,7-16H2,1H3;2,13H,1,3-12H2/b6-5-;. The van der Waals surface area contributed by atoms with Gasteiger partial charge in [0.1, 0.15) is 0 Å². The first-order chi connectivity index (χ1) is 14.8. The van der Waals surface area contributed by atoms with Crippen LogP contribution in [0.2, 0.25) is 0 Å². The van der Waals surface area contributed by atoms with E-state index in [0.29, 0.717) is 13.2 Å². The van der Waals surface area contributed by atoms with E-state index in [4.69, 9.17) is 10.2 Å². The van der Waals surface area contributed by atoms with Crippen LogP contribution in [0.5, 0.6) is 0 Å². The highest BCUT2D eigenvalue weighted by Crippen LogP contribution is 2.10. The average Bonchev–Trinajstić information content (AvgIpc) is 2.76. The van der Waals surface area contributed by atoms with Crippen LogP contribution in [0, 0.1) is 0 Å². The maximum absolute atomic E-state index is 8.64. The van der Waals surface area contributed by atoms with Gasteiger partial charge in [0.25, 0.3) is 0 Å². The van der Waals surface area contributed by atoms with Gasteiger partial charge in [0.15, 0.2) is 0 Å². The van der Waals surface area contributed by atoms with Crippen LogP contribution in [0.3, 0.4) is 0 Å². The van der Waals surface area contributed by atoms with Crippen LogP contribution < -0.4 is 0 Å². The molecule has 2 heteroatoms. The minimum absolute atomic E-state index is 0.360. The molecular formula is C28H56O2. The number of unbranched alkanes of at least 4 members (excludes halogenated alkanes) is 18. The Bertz CT molecular complexity index is 312. The second-order valence-corrected chi connectivity index (χ2v) is 8.58. The molecule has 0 atom stereocenters. The smallest absolute Gasteiger partial charge is 0.0431 e. The minimum atomic E-state index is 0.360. The molecule has 0 radical (unpaired) electrons. The predicted octanol–water partition coefficient (Wildman–Crippen LogP) is 8.91. The Morgan fingerprint density at radius 3 is 1.17 bits per heavy atom. The molecular weight excluding hydrogens is 368 g/mol. The summed E-state index contributed by atoms with van der Waals surface area (Å²) < 4.78 is 0. The lowest BCUT2D eigenvalue weighted by molar-refractivity contribution is 0.282. The Labute approximate surface area is 190 Å². The maximum atomic E-state index is 8.64. The highest BCUT2D eigenvalue weighted by Gasteiger charge is 1.92. The van der Waals surface area contributed by atoms with E-state index < -0.39 is 0 Å². The Hall–Kier alpha value is -0.600. The van der Waals surface area contributed by atoms with E-state index in [9.17, 15) is 0 Å². The number of rotatable bonds is 23. The molecule has 0 aliphatic carbocycles. The number of aliphatic hydroxyl groups excluding tert-OH is 2. The van der Waals surface area contributed by atoms with Gasteiger partial charge >= 0.3 is 0 Å². The summed E-state index contributed by atoms with van der Waals surface area (Å²) in [7, 11) is 0. The molecule has 2 nitrogen and oxygen atoms in total. The third kappa shape index (κ3) is 34.9. The van der Waals surface area contributed by atoms with Crippen molar-refractivity contribution in [2.24, 2.45) is 0 Å². The predicted molar refractivity (Wildman–Crippen MR) is 136 cm³/mol. The van der Waals surface area contributed by atoms with Crippen LogP contribution in [0.25, 0.3) is 0 Å². The third-order valence-corrected chi connectivity index (χ3v) is 5.49.